The number of esters is 1. The van der Waals surface area contributed by atoms with Gasteiger partial charge in [-0.3, -0.25) is 14.4 Å². The van der Waals surface area contributed by atoms with Gasteiger partial charge in [0.1, 0.15) is 0 Å². The predicted octanol–water partition coefficient (Wildman–Crippen LogP) is 7.06. The van der Waals surface area contributed by atoms with Gasteiger partial charge < -0.3 is 14.9 Å². The van der Waals surface area contributed by atoms with Gasteiger partial charge in [0, 0.05) is 12.3 Å². The molecule has 2 fully saturated rings. The quantitative estimate of drug-likeness (QED) is 0.114. The maximum atomic E-state index is 14.4. The third kappa shape index (κ3) is 5.84. The molecular formula is C36H56O6. The lowest BCUT2D eigenvalue weighted by Gasteiger charge is -2.46. The van der Waals surface area contributed by atoms with Crippen LogP contribution in [-0.2, 0) is 19.1 Å². The fourth-order valence-electron chi connectivity index (χ4n) is 8.86. The van der Waals surface area contributed by atoms with Crippen LogP contribution in [0.15, 0.2) is 23.3 Å². The largest absolute Gasteiger partial charge is 0.454 e. The molecule has 2 N–H and O–H groups in total. The fraction of sp³-hybridized carbons (Fsp3) is 0.806. The second kappa shape index (κ2) is 13.5. The van der Waals surface area contributed by atoms with Crippen molar-refractivity contribution in [3.8, 4) is 0 Å². The number of rotatable bonds is 16. The van der Waals surface area contributed by atoms with Crippen molar-refractivity contribution in [2.75, 3.05) is 6.61 Å². The molecule has 0 aromatic carbocycles. The zero-order valence-corrected chi connectivity index (χ0v) is 26.9. The second-order valence-electron chi connectivity index (χ2n) is 14.5. The van der Waals surface area contributed by atoms with Crippen LogP contribution in [0.1, 0.15) is 131 Å². The van der Waals surface area contributed by atoms with E-state index in [9.17, 15) is 24.6 Å². The molecule has 0 unspecified atom stereocenters. The average molecular weight is 585 g/mol. The van der Waals surface area contributed by atoms with Crippen molar-refractivity contribution in [1.29, 1.82) is 0 Å². The summed E-state index contributed by atoms with van der Waals surface area (Å²) in [6.07, 6.45) is 18.6. The second-order valence-corrected chi connectivity index (χ2v) is 14.5. The normalized spacial score (nSPS) is 34.6. The van der Waals surface area contributed by atoms with Crippen LogP contribution in [0.4, 0.5) is 0 Å². The molecule has 0 radical (unpaired) electrons. The molecule has 2 bridgehead atoms. The maximum absolute atomic E-state index is 14.4. The Morgan fingerprint density at radius 3 is 2.05 bits per heavy atom. The van der Waals surface area contributed by atoms with E-state index in [2.05, 4.69) is 20.8 Å². The van der Waals surface area contributed by atoms with Crippen LogP contribution in [0.5, 0.6) is 0 Å². The van der Waals surface area contributed by atoms with Gasteiger partial charge in [0.15, 0.2) is 23.3 Å². The van der Waals surface area contributed by atoms with E-state index in [4.69, 9.17) is 4.74 Å². The number of hydrogen-bond acceptors (Lipinski definition) is 6. The monoisotopic (exact) mass is 584 g/mol. The molecule has 4 rings (SSSR count). The summed E-state index contributed by atoms with van der Waals surface area (Å²) in [4.78, 5) is 41.2. The van der Waals surface area contributed by atoms with Crippen LogP contribution in [0.3, 0.4) is 0 Å². The fourth-order valence-corrected chi connectivity index (χ4v) is 8.86. The molecule has 0 aliphatic heterocycles. The molecule has 2 saturated carbocycles. The SMILES string of the molecule is CCCCCCCCCCCCCCCC(=O)O[C@@H]1C(CO)=C[C@H]2C(=O)[C@]3(C=C(C)C(=O)[C@@]13O)[C@H](C)C[C@@H]1[C@H]2C1(C)C. The maximum Gasteiger partial charge on any atom is 0.306 e. The molecule has 0 amide bonds. The van der Waals surface area contributed by atoms with E-state index in [-0.39, 0.29) is 35.0 Å². The summed E-state index contributed by atoms with van der Waals surface area (Å²) in [6.45, 7) is 9.66. The molecule has 4 aliphatic carbocycles. The Kier molecular flexibility index (Phi) is 10.6. The molecule has 0 aromatic heterocycles. The van der Waals surface area contributed by atoms with Gasteiger partial charge in [-0.15, -0.1) is 0 Å². The summed E-state index contributed by atoms with van der Waals surface area (Å²) in [5.41, 5.74) is -3.18. The van der Waals surface area contributed by atoms with Gasteiger partial charge in [0.2, 0.25) is 0 Å². The Labute approximate surface area is 253 Å². The average Bonchev–Trinajstić information content (AvgIpc) is 3.46. The molecule has 7 atom stereocenters. The summed E-state index contributed by atoms with van der Waals surface area (Å²) in [5.74, 6) is -1.74. The van der Waals surface area contributed by atoms with E-state index >= 15 is 0 Å². The molecule has 6 heteroatoms. The highest BCUT2D eigenvalue weighted by Gasteiger charge is 2.76. The Morgan fingerprint density at radius 1 is 0.952 bits per heavy atom. The highest BCUT2D eigenvalue weighted by molar-refractivity contribution is 6.13. The number of Topliss-reactive ketones (excluding diaryl/α,β-unsaturated/α-hetero) is 2. The van der Waals surface area contributed by atoms with Crippen LogP contribution in [0.2, 0.25) is 0 Å². The van der Waals surface area contributed by atoms with Crippen molar-refractivity contribution >= 4 is 17.5 Å². The molecule has 1 spiro atoms. The lowest BCUT2D eigenvalue weighted by atomic mass is 9.59. The highest BCUT2D eigenvalue weighted by atomic mass is 16.6. The van der Waals surface area contributed by atoms with E-state index in [1.807, 2.05) is 6.92 Å². The predicted molar refractivity (Wildman–Crippen MR) is 165 cm³/mol. The Balaban J connectivity index is 1.36. The van der Waals surface area contributed by atoms with Crippen LogP contribution in [0, 0.1) is 34.5 Å². The topological polar surface area (TPSA) is 101 Å². The van der Waals surface area contributed by atoms with Crippen LogP contribution < -0.4 is 0 Å². The molecule has 6 nitrogen and oxygen atoms in total. The van der Waals surface area contributed by atoms with Crippen LogP contribution in [-0.4, -0.2) is 46.1 Å². The number of allylic oxidation sites excluding steroid dienone is 1. The minimum atomic E-state index is -2.25. The summed E-state index contributed by atoms with van der Waals surface area (Å²) in [6, 6.07) is 0. The van der Waals surface area contributed by atoms with Gasteiger partial charge >= 0.3 is 5.97 Å². The number of ether oxygens (including phenoxy) is 1. The minimum absolute atomic E-state index is 0.0441. The van der Waals surface area contributed by atoms with Crippen LogP contribution >= 0.6 is 0 Å². The number of hydrogen-bond donors (Lipinski definition) is 2. The lowest BCUT2D eigenvalue weighted by molar-refractivity contribution is -0.186. The molecule has 0 saturated heterocycles. The molecule has 0 heterocycles. The Hall–Kier alpha value is -1.79. The van der Waals surface area contributed by atoms with Crippen molar-refractivity contribution in [3.63, 3.8) is 0 Å². The third-order valence-electron chi connectivity index (χ3n) is 11.4. The lowest BCUT2D eigenvalue weighted by Crippen LogP contribution is -2.64. The number of ketones is 2. The third-order valence-corrected chi connectivity index (χ3v) is 11.4. The first kappa shape index (κ1) is 33.1. The van der Waals surface area contributed by atoms with Gasteiger partial charge in [-0.2, -0.15) is 0 Å². The first-order chi connectivity index (χ1) is 20.0. The van der Waals surface area contributed by atoms with Gasteiger partial charge in [-0.05, 0) is 54.1 Å². The van der Waals surface area contributed by atoms with E-state index < -0.39 is 41.4 Å². The van der Waals surface area contributed by atoms with Crippen molar-refractivity contribution in [2.45, 2.75) is 143 Å². The number of unbranched alkanes of at least 4 members (excludes halogenated alkanes) is 12. The van der Waals surface area contributed by atoms with Crippen molar-refractivity contribution in [2.24, 2.45) is 34.5 Å². The van der Waals surface area contributed by atoms with Gasteiger partial charge in [0.05, 0.1) is 12.0 Å². The van der Waals surface area contributed by atoms with E-state index in [1.54, 1.807) is 19.1 Å². The van der Waals surface area contributed by atoms with Crippen molar-refractivity contribution in [3.05, 3.63) is 23.3 Å². The summed E-state index contributed by atoms with van der Waals surface area (Å²) in [7, 11) is 0. The van der Waals surface area contributed by atoms with Crippen molar-refractivity contribution in [1.82, 2.24) is 0 Å². The minimum Gasteiger partial charge on any atom is -0.454 e. The summed E-state index contributed by atoms with van der Waals surface area (Å²) >= 11 is 0. The van der Waals surface area contributed by atoms with Gasteiger partial charge in [-0.25, -0.2) is 0 Å². The molecule has 0 aromatic rings. The van der Waals surface area contributed by atoms with Crippen molar-refractivity contribution < 1.29 is 29.3 Å². The number of carbonyl (C=O) groups excluding carboxylic acids is 3. The Bertz CT molecular complexity index is 1070. The summed E-state index contributed by atoms with van der Waals surface area (Å²) < 4.78 is 5.94. The highest BCUT2D eigenvalue weighted by Crippen LogP contribution is 2.71. The Morgan fingerprint density at radius 2 is 1.50 bits per heavy atom. The van der Waals surface area contributed by atoms with Gasteiger partial charge in [0.25, 0.3) is 0 Å². The number of carbonyl (C=O) groups is 3. The number of aliphatic hydroxyl groups excluding tert-OH is 1. The summed E-state index contributed by atoms with van der Waals surface area (Å²) in [5, 5.41) is 22.8. The smallest absolute Gasteiger partial charge is 0.306 e. The zero-order chi connectivity index (χ0) is 30.7. The first-order valence-electron chi connectivity index (χ1n) is 17.0. The molecule has 236 valence electrons. The van der Waals surface area contributed by atoms with Gasteiger partial charge in [-0.1, -0.05) is 117 Å². The molecule has 42 heavy (non-hydrogen) atoms. The van der Waals surface area contributed by atoms with E-state index in [0.29, 0.717) is 24.3 Å². The van der Waals surface area contributed by atoms with E-state index in [0.717, 1.165) is 19.3 Å². The van der Waals surface area contributed by atoms with E-state index in [1.165, 1.54) is 57.8 Å². The zero-order valence-electron chi connectivity index (χ0n) is 26.9. The first-order valence-corrected chi connectivity index (χ1v) is 17.0. The molecular weight excluding hydrogens is 528 g/mol. The number of aliphatic hydroxyl groups is 2. The standard InChI is InChI=1S/C36H56O6/c1-6-7-8-9-10-11-12-13-14-15-16-17-18-19-29(38)42-33-26(23-37)21-27-30-28(34(30,4)5)20-25(3)35(32(27)40)22-24(2)31(39)36(33,35)41/h21-22,25,27-28,30,33,37,41H,6-20,23H2,1-5H3/t25-,27-,28-,30+,33-,35+,36-/m1/s1. The number of fused-ring (bicyclic) bond motifs is 3. The molecule has 4 aliphatic rings. The van der Waals surface area contributed by atoms with Crippen LogP contribution in [0.25, 0.3) is 0 Å².